The summed E-state index contributed by atoms with van der Waals surface area (Å²) in [5.41, 5.74) is 1.79. The highest BCUT2D eigenvalue weighted by Gasteiger charge is 2.23. The average molecular weight is 314 g/mol. The van der Waals surface area contributed by atoms with Crippen LogP contribution in [0.4, 0.5) is 10.5 Å². The van der Waals surface area contributed by atoms with Crippen molar-refractivity contribution in [3.63, 3.8) is 0 Å². The van der Waals surface area contributed by atoms with Gasteiger partial charge in [-0.15, -0.1) is 0 Å². The smallest absolute Gasteiger partial charge is 0.319 e. The Bertz CT molecular complexity index is 635. The van der Waals surface area contributed by atoms with Crippen LogP contribution < -0.4 is 10.6 Å². The number of rotatable bonds is 5. The summed E-state index contributed by atoms with van der Waals surface area (Å²) in [7, 11) is 1.82. The minimum Gasteiger partial charge on any atom is -0.381 e. The van der Waals surface area contributed by atoms with E-state index in [1.165, 1.54) is 0 Å². The molecule has 0 spiro atoms. The number of aromatic nitrogens is 2. The Labute approximate surface area is 135 Å². The van der Waals surface area contributed by atoms with Crippen molar-refractivity contribution in [2.45, 2.75) is 18.9 Å². The number of hydrogen-bond donors (Lipinski definition) is 2. The molecule has 2 N–H and O–H groups in total. The lowest BCUT2D eigenvalue weighted by atomic mass is 9.94. The highest BCUT2D eigenvalue weighted by atomic mass is 16.5. The van der Waals surface area contributed by atoms with Crippen molar-refractivity contribution in [2.75, 3.05) is 18.5 Å². The van der Waals surface area contributed by atoms with Gasteiger partial charge in [0.05, 0.1) is 17.9 Å². The fourth-order valence-corrected chi connectivity index (χ4v) is 2.88. The van der Waals surface area contributed by atoms with Crippen LogP contribution in [-0.4, -0.2) is 29.0 Å². The van der Waals surface area contributed by atoms with E-state index >= 15 is 0 Å². The molecule has 2 atom stereocenters. The molecule has 1 aromatic heterocycles. The molecule has 1 aromatic carbocycles. The first-order valence-electron chi connectivity index (χ1n) is 7.89. The lowest BCUT2D eigenvalue weighted by Crippen LogP contribution is -2.33. The number of urea groups is 1. The van der Waals surface area contributed by atoms with Gasteiger partial charge in [0.2, 0.25) is 0 Å². The van der Waals surface area contributed by atoms with Crippen molar-refractivity contribution >= 4 is 11.7 Å². The normalized spacial score (nSPS) is 18.6. The quantitative estimate of drug-likeness (QED) is 0.891. The molecular weight excluding hydrogens is 292 g/mol. The van der Waals surface area contributed by atoms with Crippen molar-refractivity contribution < 1.29 is 9.53 Å². The highest BCUT2D eigenvalue weighted by molar-refractivity contribution is 5.89. The minimum atomic E-state index is -0.217. The highest BCUT2D eigenvalue weighted by Crippen LogP contribution is 2.26. The summed E-state index contributed by atoms with van der Waals surface area (Å²) >= 11 is 0. The first-order valence-corrected chi connectivity index (χ1v) is 7.89. The third kappa shape index (κ3) is 4.32. The lowest BCUT2D eigenvalue weighted by molar-refractivity contribution is 0.181. The molecule has 0 radical (unpaired) electrons. The Morgan fingerprint density at radius 2 is 2.26 bits per heavy atom. The summed E-state index contributed by atoms with van der Waals surface area (Å²) in [6, 6.07) is 9.82. The number of benzene rings is 1. The number of ether oxygens (including phenoxy) is 1. The van der Waals surface area contributed by atoms with Gasteiger partial charge in [-0.1, -0.05) is 30.3 Å². The number of carbonyl (C=O) groups excluding carboxylic acids is 1. The van der Waals surface area contributed by atoms with E-state index in [4.69, 9.17) is 4.74 Å². The maximum atomic E-state index is 12.3. The first-order chi connectivity index (χ1) is 11.2. The van der Waals surface area contributed by atoms with Gasteiger partial charge in [-0.05, 0) is 24.3 Å². The molecule has 0 aliphatic carbocycles. The summed E-state index contributed by atoms with van der Waals surface area (Å²) in [5, 5.41) is 9.95. The topological polar surface area (TPSA) is 68.2 Å². The van der Waals surface area contributed by atoms with E-state index in [-0.39, 0.29) is 12.1 Å². The molecule has 23 heavy (non-hydrogen) atoms. The lowest BCUT2D eigenvalue weighted by Gasteiger charge is -2.22. The van der Waals surface area contributed by atoms with Crippen LogP contribution >= 0.6 is 0 Å². The number of nitrogens with one attached hydrogen (secondary N) is 2. The molecule has 2 amide bonds. The standard InChI is InChI=1S/C17H22N4O2/c1-21-11-15(10-18-21)19-17(22)20-16(9-13-7-8-23-12-13)14-5-3-2-4-6-14/h2-6,10-11,13,16H,7-9,12H2,1H3,(H2,19,20,22). The van der Waals surface area contributed by atoms with Gasteiger partial charge in [-0.2, -0.15) is 5.10 Å². The molecule has 3 rings (SSSR count). The number of hydrogen-bond acceptors (Lipinski definition) is 3. The average Bonchev–Trinajstić information content (AvgIpc) is 3.19. The van der Waals surface area contributed by atoms with Crippen LogP contribution in [-0.2, 0) is 11.8 Å². The predicted molar refractivity (Wildman–Crippen MR) is 88.1 cm³/mol. The fraction of sp³-hybridized carbons (Fsp3) is 0.412. The zero-order valence-corrected chi connectivity index (χ0v) is 13.2. The largest absolute Gasteiger partial charge is 0.381 e. The molecule has 0 saturated carbocycles. The molecule has 122 valence electrons. The second kappa shape index (κ2) is 7.28. The maximum Gasteiger partial charge on any atom is 0.319 e. The van der Waals surface area contributed by atoms with E-state index in [0.717, 1.165) is 31.6 Å². The Morgan fingerprint density at radius 1 is 1.43 bits per heavy atom. The van der Waals surface area contributed by atoms with Gasteiger partial charge in [0.15, 0.2) is 0 Å². The Balaban J connectivity index is 1.66. The zero-order chi connectivity index (χ0) is 16.1. The number of aryl methyl sites for hydroxylation is 1. The summed E-state index contributed by atoms with van der Waals surface area (Å²) in [4.78, 5) is 12.3. The fourth-order valence-electron chi connectivity index (χ4n) is 2.88. The van der Waals surface area contributed by atoms with Crippen molar-refractivity contribution in [1.29, 1.82) is 0 Å². The van der Waals surface area contributed by atoms with Crippen LogP contribution in [0.2, 0.25) is 0 Å². The van der Waals surface area contributed by atoms with Crippen LogP contribution in [0, 0.1) is 5.92 Å². The third-order valence-corrected chi connectivity index (χ3v) is 4.06. The van der Waals surface area contributed by atoms with Crippen LogP contribution in [0.1, 0.15) is 24.4 Å². The van der Waals surface area contributed by atoms with Crippen molar-refractivity contribution in [3.05, 3.63) is 48.3 Å². The number of amides is 2. The summed E-state index contributed by atoms with van der Waals surface area (Å²) in [6.45, 7) is 1.59. The van der Waals surface area contributed by atoms with Gasteiger partial charge in [0.25, 0.3) is 0 Å². The van der Waals surface area contributed by atoms with Gasteiger partial charge in [-0.3, -0.25) is 4.68 Å². The Kier molecular flexibility index (Phi) is 4.92. The number of carbonyl (C=O) groups is 1. The summed E-state index contributed by atoms with van der Waals surface area (Å²) in [6.07, 6.45) is 5.32. The molecule has 2 heterocycles. The molecule has 1 aliphatic rings. The van der Waals surface area contributed by atoms with Crippen LogP contribution in [0.5, 0.6) is 0 Å². The molecular formula is C17H22N4O2. The summed E-state index contributed by atoms with van der Waals surface area (Å²) < 4.78 is 7.11. The van der Waals surface area contributed by atoms with Crippen molar-refractivity contribution in [3.8, 4) is 0 Å². The molecule has 6 heteroatoms. The zero-order valence-electron chi connectivity index (χ0n) is 13.2. The first kappa shape index (κ1) is 15.6. The van der Waals surface area contributed by atoms with Crippen molar-refractivity contribution in [2.24, 2.45) is 13.0 Å². The third-order valence-electron chi connectivity index (χ3n) is 4.06. The minimum absolute atomic E-state index is 0.0282. The van der Waals surface area contributed by atoms with Crippen LogP contribution in [0.25, 0.3) is 0 Å². The van der Waals surface area contributed by atoms with E-state index in [2.05, 4.69) is 15.7 Å². The van der Waals surface area contributed by atoms with E-state index in [1.54, 1.807) is 17.1 Å². The Hall–Kier alpha value is -2.34. The van der Waals surface area contributed by atoms with Gasteiger partial charge in [0, 0.05) is 26.5 Å². The molecule has 1 fully saturated rings. The molecule has 6 nitrogen and oxygen atoms in total. The van der Waals surface area contributed by atoms with Crippen LogP contribution in [0.15, 0.2) is 42.7 Å². The second-order valence-electron chi connectivity index (χ2n) is 5.93. The Morgan fingerprint density at radius 3 is 2.91 bits per heavy atom. The molecule has 0 bridgehead atoms. The van der Waals surface area contributed by atoms with Gasteiger partial charge in [0.1, 0.15) is 0 Å². The monoisotopic (exact) mass is 314 g/mol. The number of anilines is 1. The molecule has 2 unspecified atom stereocenters. The van der Waals surface area contributed by atoms with Crippen molar-refractivity contribution in [1.82, 2.24) is 15.1 Å². The van der Waals surface area contributed by atoms with Crippen LogP contribution in [0.3, 0.4) is 0 Å². The molecule has 2 aromatic rings. The molecule has 1 aliphatic heterocycles. The van der Waals surface area contributed by atoms with Gasteiger partial charge < -0.3 is 15.4 Å². The van der Waals surface area contributed by atoms with Gasteiger partial charge in [-0.25, -0.2) is 4.79 Å². The van der Waals surface area contributed by atoms with Gasteiger partial charge >= 0.3 is 6.03 Å². The predicted octanol–water partition coefficient (Wildman–Crippen LogP) is 2.71. The second-order valence-corrected chi connectivity index (χ2v) is 5.93. The SMILES string of the molecule is Cn1cc(NC(=O)NC(CC2CCOC2)c2ccccc2)cn1. The number of nitrogens with zero attached hydrogens (tertiary/aromatic N) is 2. The van der Waals surface area contributed by atoms with E-state index in [0.29, 0.717) is 11.6 Å². The van der Waals surface area contributed by atoms with E-state index in [1.807, 2.05) is 37.4 Å². The molecule has 1 saturated heterocycles. The summed E-state index contributed by atoms with van der Waals surface area (Å²) in [5.74, 6) is 0.485. The van der Waals surface area contributed by atoms with E-state index in [9.17, 15) is 4.79 Å². The van der Waals surface area contributed by atoms with E-state index < -0.39 is 0 Å². The maximum absolute atomic E-state index is 12.3.